The zero-order chi connectivity index (χ0) is 19.0. The number of aromatic hydroxyl groups is 1. The molecule has 0 atom stereocenters. The van der Waals surface area contributed by atoms with E-state index in [4.69, 9.17) is 0 Å². The highest BCUT2D eigenvalue weighted by molar-refractivity contribution is 7.07. The number of ketones is 1. The largest absolute Gasteiger partial charge is 0.507 e. The number of nitrogens with zero attached hydrogens (tertiary/aromatic N) is 3. The summed E-state index contributed by atoms with van der Waals surface area (Å²) < 4.78 is 2.13. The van der Waals surface area contributed by atoms with Crippen LogP contribution in [-0.2, 0) is 6.67 Å². The first-order chi connectivity index (χ1) is 13.0. The number of carbonyl (C=O) groups excluding carboxylic acids is 1. The third-order valence-corrected chi connectivity index (χ3v) is 5.46. The SMILES string of the molecule is CC(=O)c1cccc(N2CN=c3s/c(=C\c4ccccc4O)c(=O)n3C2)c1. The lowest BCUT2D eigenvalue weighted by Gasteiger charge is -2.25. The molecule has 0 unspecified atom stereocenters. The first-order valence-electron chi connectivity index (χ1n) is 8.43. The van der Waals surface area contributed by atoms with Gasteiger partial charge in [0.1, 0.15) is 19.1 Å². The number of benzene rings is 2. The fourth-order valence-electron chi connectivity index (χ4n) is 2.95. The molecule has 1 aliphatic heterocycles. The zero-order valence-electron chi connectivity index (χ0n) is 14.6. The maximum Gasteiger partial charge on any atom is 0.271 e. The maximum atomic E-state index is 12.8. The summed E-state index contributed by atoms with van der Waals surface area (Å²) >= 11 is 1.31. The molecule has 1 N–H and O–H groups in total. The first-order valence-corrected chi connectivity index (χ1v) is 9.24. The number of Topliss-reactive ketones (excluding diaryl/α,β-unsaturated/α-hetero) is 1. The molecule has 0 saturated carbocycles. The van der Waals surface area contributed by atoms with Crippen molar-refractivity contribution < 1.29 is 9.90 Å². The fraction of sp³-hybridized carbons (Fsp3) is 0.150. The van der Waals surface area contributed by atoms with E-state index in [1.807, 2.05) is 29.2 Å². The summed E-state index contributed by atoms with van der Waals surface area (Å²) in [6.45, 7) is 2.31. The summed E-state index contributed by atoms with van der Waals surface area (Å²) in [7, 11) is 0. The molecule has 0 aliphatic carbocycles. The van der Waals surface area contributed by atoms with Gasteiger partial charge in [-0.3, -0.25) is 14.2 Å². The van der Waals surface area contributed by atoms with Crippen LogP contribution in [0.4, 0.5) is 5.69 Å². The van der Waals surface area contributed by atoms with E-state index in [0.717, 1.165) is 5.69 Å². The molecule has 2 aromatic carbocycles. The molecule has 0 bridgehead atoms. The number of phenols is 1. The van der Waals surface area contributed by atoms with Crippen molar-refractivity contribution >= 4 is 28.9 Å². The summed E-state index contributed by atoms with van der Waals surface area (Å²) in [5.41, 5.74) is 1.93. The molecular formula is C20H17N3O3S. The summed E-state index contributed by atoms with van der Waals surface area (Å²) in [5, 5.41) is 9.93. The number of anilines is 1. The van der Waals surface area contributed by atoms with E-state index in [1.165, 1.54) is 18.3 Å². The smallest absolute Gasteiger partial charge is 0.271 e. The lowest BCUT2D eigenvalue weighted by Crippen LogP contribution is -2.42. The van der Waals surface area contributed by atoms with Crippen LogP contribution in [0, 0.1) is 0 Å². The van der Waals surface area contributed by atoms with Crippen LogP contribution in [0.1, 0.15) is 22.8 Å². The van der Waals surface area contributed by atoms with Gasteiger partial charge in [-0.2, -0.15) is 0 Å². The molecule has 2 heterocycles. The van der Waals surface area contributed by atoms with E-state index in [9.17, 15) is 14.7 Å². The molecule has 0 amide bonds. The van der Waals surface area contributed by atoms with Crippen LogP contribution in [0.15, 0.2) is 58.3 Å². The van der Waals surface area contributed by atoms with E-state index in [2.05, 4.69) is 4.99 Å². The predicted molar refractivity (Wildman–Crippen MR) is 105 cm³/mol. The van der Waals surface area contributed by atoms with E-state index in [0.29, 0.717) is 33.8 Å². The van der Waals surface area contributed by atoms with Gasteiger partial charge in [0.05, 0.1) is 4.53 Å². The van der Waals surface area contributed by atoms with Gasteiger partial charge in [-0.05, 0) is 31.2 Å². The third kappa shape index (κ3) is 3.29. The van der Waals surface area contributed by atoms with Gasteiger partial charge in [0, 0.05) is 16.8 Å². The number of fused-ring (bicyclic) bond motifs is 1. The Balaban J connectivity index is 1.72. The highest BCUT2D eigenvalue weighted by Gasteiger charge is 2.16. The van der Waals surface area contributed by atoms with Gasteiger partial charge in [0.15, 0.2) is 10.6 Å². The summed E-state index contributed by atoms with van der Waals surface area (Å²) in [6.07, 6.45) is 1.68. The summed E-state index contributed by atoms with van der Waals surface area (Å²) in [4.78, 5) is 31.5. The Kier molecular flexibility index (Phi) is 4.37. The fourth-order valence-corrected chi connectivity index (χ4v) is 3.90. The second-order valence-corrected chi connectivity index (χ2v) is 7.28. The minimum Gasteiger partial charge on any atom is -0.507 e. The van der Waals surface area contributed by atoms with Gasteiger partial charge >= 0.3 is 0 Å². The Morgan fingerprint density at radius 1 is 1.22 bits per heavy atom. The van der Waals surface area contributed by atoms with Crippen LogP contribution in [0.5, 0.6) is 5.75 Å². The van der Waals surface area contributed by atoms with E-state index < -0.39 is 0 Å². The van der Waals surface area contributed by atoms with Gasteiger partial charge in [-0.25, -0.2) is 4.99 Å². The highest BCUT2D eigenvalue weighted by atomic mass is 32.1. The standard InChI is InChI=1S/C20H17N3O3S/c1-13(24)14-6-4-7-16(9-14)22-11-21-20-23(12-22)19(26)18(27-20)10-15-5-2-3-8-17(15)25/h2-10,25H,11-12H2,1H3/b18-10-. The van der Waals surface area contributed by atoms with Gasteiger partial charge in [-0.1, -0.05) is 41.7 Å². The minimum absolute atomic E-state index is 0.00116. The van der Waals surface area contributed by atoms with Crippen LogP contribution in [-0.4, -0.2) is 22.1 Å². The molecule has 7 heteroatoms. The summed E-state index contributed by atoms with van der Waals surface area (Å²) in [6, 6.07) is 14.2. The van der Waals surface area contributed by atoms with Crippen molar-refractivity contribution in [3.63, 3.8) is 0 Å². The molecule has 0 fully saturated rings. The van der Waals surface area contributed by atoms with Gasteiger partial charge in [0.2, 0.25) is 0 Å². The Hall–Kier alpha value is -3.19. The monoisotopic (exact) mass is 379 g/mol. The number of carbonyl (C=O) groups is 1. The molecule has 0 radical (unpaired) electrons. The number of phenolic OH excluding ortho intramolecular Hbond substituents is 1. The molecule has 1 aromatic heterocycles. The van der Waals surface area contributed by atoms with Gasteiger partial charge in [0.25, 0.3) is 5.56 Å². The lowest BCUT2D eigenvalue weighted by molar-refractivity contribution is 0.101. The average Bonchev–Trinajstić information content (AvgIpc) is 2.99. The molecule has 0 spiro atoms. The van der Waals surface area contributed by atoms with E-state index >= 15 is 0 Å². The highest BCUT2D eigenvalue weighted by Crippen LogP contribution is 2.18. The molecule has 136 valence electrons. The predicted octanol–water partition coefficient (Wildman–Crippen LogP) is 1.70. The minimum atomic E-state index is -0.144. The Labute approximate surface area is 159 Å². The van der Waals surface area contributed by atoms with Crippen molar-refractivity contribution in [1.29, 1.82) is 0 Å². The number of rotatable bonds is 3. The Bertz CT molecular complexity index is 1210. The number of thiazole rings is 1. The number of aromatic nitrogens is 1. The summed E-state index contributed by atoms with van der Waals surface area (Å²) in [5.74, 6) is 0.131. The van der Waals surface area contributed by atoms with Crippen molar-refractivity contribution in [1.82, 2.24) is 4.57 Å². The van der Waals surface area contributed by atoms with Crippen LogP contribution >= 0.6 is 11.3 Å². The number of hydrogen-bond acceptors (Lipinski definition) is 6. The maximum absolute atomic E-state index is 12.8. The van der Waals surface area contributed by atoms with Crippen molar-refractivity contribution in [2.45, 2.75) is 13.6 Å². The van der Waals surface area contributed by atoms with Crippen LogP contribution < -0.4 is 19.8 Å². The van der Waals surface area contributed by atoms with Gasteiger partial charge in [-0.15, -0.1) is 0 Å². The van der Waals surface area contributed by atoms with Crippen LogP contribution in [0.25, 0.3) is 6.08 Å². The first kappa shape index (κ1) is 17.2. The Morgan fingerprint density at radius 3 is 2.81 bits per heavy atom. The van der Waals surface area contributed by atoms with E-state index in [1.54, 1.807) is 34.9 Å². The normalized spacial score (nSPS) is 14.0. The zero-order valence-corrected chi connectivity index (χ0v) is 15.4. The molecule has 0 saturated heterocycles. The molecule has 3 aromatic rings. The van der Waals surface area contributed by atoms with E-state index in [-0.39, 0.29) is 17.1 Å². The second-order valence-electron chi connectivity index (χ2n) is 6.27. The topological polar surface area (TPSA) is 74.9 Å². The van der Waals surface area contributed by atoms with Crippen molar-refractivity contribution in [3.05, 3.63) is 79.3 Å². The lowest BCUT2D eigenvalue weighted by atomic mass is 10.1. The molecule has 4 rings (SSSR count). The molecule has 1 aliphatic rings. The molecular weight excluding hydrogens is 362 g/mol. The number of hydrogen-bond donors (Lipinski definition) is 1. The quantitative estimate of drug-likeness (QED) is 0.703. The second kappa shape index (κ2) is 6.85. The average molecular weight is 379 g/mol. The number of para-hydroxylation sites is 1. The Morgan fingerprint density at radius 2 is 2.04 bits per heavy atom. The van der Waals surface area contributed by atoms with Crippen molar-refractivity contribution in [3.8, 4) is 5.75 Å². The third-order valence-electron chi connectivity index (χ3n) is 4.42. The van der Waals surface area contributed by atoms with Gasteiger partial charge < -0.3 is 10.0 Å². The van der Waals surface area contributed by atoms with Crippen LogP contribution in [0.3, 0.4) is 0 Å². The van der Waals surface area contributed by atoms with Crippen molar-refractivity contribution in [2.24, 2.45) is 4.99 Å². The van der Waals surface area contributed by atoms with Crippen molar-refractivity contribution in [2.75, 3.05) is 11.6 Å². The van der Waals surface area contributed by atoms with Crippen LogP contribution in [0.2, 0.25) is 0 Å². The molecule has 6 nitrogen and oxygen atoms in total. The molecule has 27 heavy (non-hydrogen) atoms.